The molecular formula is C28H35NO7. The molecule has 2 aromatic rings. The zero-order valence-electron chi connectivity index (χ0n) is 21.8. The number of Topliss-reactive ketones (excluding diaryl/α,β-unsaturated/α-hetero) is 1. The van der Waals surface area contributed by atoms with E-state index in [2.05, 4.69) is 13.8 Å². The van der Waals surface area contributed by atoms with Gasteiger partial charge in [0.2, 0.25) is 0 Å². The van der Waals surface area contributed by atoms with Crippen molar-refractivity contribution in [2.45, 2.75) is 33.2 Å². The molecule has 1 aliphatic heterocycles. The number of aryl methyl sites for hydroxylation is 1. The van der Waals surface area contributed by atoms with Crippen LogP contribution in [0.25, 0.3) is 5.76 Å². The molecule has 1 fully saturated rings. The predicted octanol–water partition coefficient (Wildman–Crippen LogP) is 4.51. The molecule has 8 nitrogen and oxygen atoms in total. The Labute approximate surface area is 212 Å². The topological polar surface area (TPSA) is 94.5 Å². The summed E-state index contributed by atoms with van der Waals surface area (Å²) in [6, 6.07) is 9.70. The molecule has 0 spiro atoms. The van der Waals surface area contributed by atoms with Gasteiger partial charge in [0.05, 0.1) is 32.4 Å². The van der Waals surface area contributed by atoms with Gasteiger partial charge in [-0.25, -0.2) is 0 Å². The van der Waals surface area contributed by atoms with Crippen molar-refractivity contribution < 1.29 is 33.6 Å². The molecule has 3 rings (SSSR count). The third-order valence-corrected chi connectivity index (χ3v) is 6.05. The van der Waals surface area contributed by atoms with Crippen LogP contribution in [0, 0.1) is 12.8 Å². The lowest BCUT2D eigenvalue weighted by atomic mass is 9.93. The third kappa shape index (κ3) is 5.65. The zero-order valence-corrected chi connectivity index (χ0v) is 21.8. The van der Waals surface area contributed by atoms with E-state index in [9.17, 15) is 14.7 Å². The van der Waals surface area contributed by atoms with E-state index in [1.165, 1.54) is 19.1 Å². The number of hydrogen-bond donors (Lipinski definition) is 1. The molecule has 1 heterocycles. The fourth-order valence-corrected chi connectivity index (χ4v) is 4.26. The maximum atomic E-state index is 13.3. The van der Waals surface area contributed by atoms with Gasteiger partial charge >= 0.3 is 0 Å². The van der Waals surface area contributed by atoms with Crippen molar-refractivity contribution in [2.75, 3.05) is 41.1 Å². The number of amides is 1. The molecule has 0 saturated carbocycles. The molecule has 2 aromatic carbocycles. The van der Waals surface area contributed by atoms with Gasteiger partial charge in [0.1, 0.15) is 11.5 Å². The van der Waals surface area contributed by atoms with Crippen LogP contribution in [0.5, 0.6) is 17.2 Å². The minimum absolute atomic E-state index is 0.0311. The van der Waals surface area contributed by atoms with E-state index in [0.717, 1.165) is 5.56 Å². The smallest absolute Gasteiger partial charge is 0.295 e. The molecular weight excluding hydrogens is 462 g/mol. The Morgan fingerprint density at radius 2 is 1.75 bits per heavy atom. The van der Waals surface area contributed by atoms with Crippen molar-refractivity contribution in [3.8, 4) is 17.2 Å². The fraction of sp³-hybridized carbons (Fsp3) is 0.429. The van der Waals surface area contributed by atoms with Gasteiger partial charge in [-0.2, -0.15) is 0 Å². The highest BCUT2D eigenvalue weighted by Gasteiger charge is 2.46. The highest BCUT2D eigenvalue weighted by molar-refractivity contribution is 6.46. The Hall–Kier alpha value is -3.52. The van der Waals surface area contributed by atoms with Gasteiger partial charge in [-0.1, -0.05) is 19.9 Å². The monoisotopic (exact) mass is 497 g/mol. The Bertz CT molecular complexity index is 1140. The highest BCUT2D eigenvalue weighted by Crippen LogP contribution is 2.42. The molecule has 194 valence electrons. The van der Waals surface area contributed by atoms with E-state index >= 15 is 0 Å². The first kappa shape index (κ1) is 27.1. The maximum absolute atomic E-state index is 13.3. The lowest BCUT2D eigenvalue weighted by Crippen LogP contribution is -2.31. The Kier molecular flexibility index (Phi) is 8.98. The van der Waals surface area contributed by atoms with E-state index in [0.29, 0.717) is 53.9 Å². The first-order valence-electron chi connectivity index (χ1n) is 12.0. The van der Waals surface area contributed by atoms with Crippen LogP contribution in [0.15, 0.2) is 42.0 Å². The van der Waals surface area contributed by atoms with E-state index in [4.69, 9.17) is 18.9 Å². The number of carbonyl (C=O) groups is 2. The van der Waals surface area contributed by atoms with Crippen molar-refractivity contribution in [3.63, 3.8) is 0 Å². The van der Waals surface area contributed by atoms with Crippen LogP contribution in [-0.4, -0.2) is 62.8 Å². The normalized spacial score (nSPS) is 17.1. The summed E-state index contributed by atoms with van der Waals surface area (Å²) in [6.07, 6.45) is 0.536. The van der Waals surface area contributed by atoms with Crippen LogP contribution in [0.3, 0.4) is 0 Å². The standard InChI is InChI=1S/C28H35NO7/c1-17(2)16-36-20-9-10-21(18(3)14-20)26(30)24-25(19-8-11-22(34-5)23(15-19)35-6)29(12-7-13-33-4)28(32)27(24)31/h8-11,14-15,17,25,30H,7,12-13,16H2,1-6H3/t25-/m0/s1. The molecule has 0 radical (unpaired) electrons. The molecule has 0 aliphatic carbocycles. The number of methoxy groups -OCH3 is 3. The van der Waals surface area contributed by atoms with E-state index < -0.39 is 17.7 Å². The zero-order chi connectivity index (χ0) is 26.4. The quantitative estimate of drug-likeness (QED) is 0.211. The number of ketones is 1. The average molecular weight is 498 g/mol. The summed E-state index contributed by atoms with van der Waals surface area (Å²) in [4.78, 5) is 27.8. The number of aliphatic hydroxyl groups excluding tert-OH is 1. The van der Waals surface area contributed by atoms with Crippen LogP contribution in [0.1, 0.15) is 43.0 Å². The van der Waals surface area contributed by atoms with Crippen molar-refractivity contribution in [3.05, 3.63) is 58.7 Å². The SMILES string of the molecule is COCCCN1C(=O)C(=O)C(=C(O)c2ccc(OCC(C)C)cc2C)[C@@H]1c1ccc(OC)c(OC)c1. The molecule has 8 heteroatoms. The van der Waals surface area contributed by atoms with Crippen LogP contribution in [0.4, 0.5) is 0 Å². The molecule has 1 N–H and O–H groups in total. The lowest BCUT2D eigenvalue weighted by Gasteiger charge is -2.26. The summed E-state index contributed by atoms with van der Waals surface area (Å²) in [7, 11) is 4.63. The van der Waals surface area contributed by atoms with Gasteiger partial charge in [0, 0.05) is 25.8 Å². The summed E-state index contributed by atoms with van der Waals surface area (Å²) in [5, 5.41) is 11.4. The average Bonchev–Trinajstić information content (AvgIpc) is 3.11. The molecule has 0 bridgehead atoms. The minimum Gasteiger partial charge on any atom is -0.507 e. The van der Waals surface area contributed by atoms with Crippen molar-refractivity contribution in [1.29, 1.82) is 0 Å². The van der Waals surface area contributed by atoms with Gasteiger partial charge in [0.15, 0.2) is 11.5 Å². The Morgan fingerprint density at radius 3 is 2.36 bits per heavy atom. The molecule has 0 unspecified atom stereocenters. The number of likely N-dealkylation sites (tertiary alicyclic amines) is 1. The maximum Gasteiger partial charge on any atom is 0.295 e. The second-order valence-electron chi connectivity index (χ2n) is 9.13. The minimum atomic E-state index is -0.794. The number of rotatable bonds is 11. The third-order valence-electron chi connectivity index (χ3n) is 6.05. The molecule has 1 aliphatic rings. The summed E-state index contributed by atoms with van der Waals surface area (Å²) in [6.45, 7) is 7.24. The second kappa shape index (κ2) is 11.9. The molecule has 0 aromatic heterocycles. The number of benzene rings is 2. The van der Waals surface area contributed by atoms with E-state index in [-0.39, 0.29) is 17.9 Å². The number of hydrogen-bond acceptors (Lipinski definition) is 7. The first-order valence-corrected chi connectivity index (χ1v) is 12.0. The summed E-state index contributed by atoms with van der Waals surface area (Å²) >= 11 is 0. The summed E-state index contributed by atoms with van der Waals surface area (Å²) in [5.74, 6) is 0.399. The number of nitrogens with zero attached hydrogens (tertiary/aromatic N) is 1. The summed E-state index contributed by atoms with van der Waals surface area (Å²) in [5.41, 5.74) is 1.85. The number of ether oxygens (including phenoxy) is 4. The van der Waals surface area contributed by atoms with Crippen molar-refractivity contribution in [1.82, 2.24) is 4.90 Å². The number of carbonyl (C=O) groups excluding carboxylic acids is 2. The number of aliphatic hydroxyl groups is 1. The van der Waals surface area contributed by atoms with Crippen molar-refractivity contribution in [2.24, 2.45) is 5.92 Å². The van der Waals surface area contributed by atoms with Crippen LogP contribution in [-0.2, 0) is 14.3 Å². The van der Waals surface area contributed by atoms with Gasteiger partial charge in [-0.05, 0) is 60.7 Å². The van der Waals surface area contributed by atoms with Crippen LogP contribution < -0.4 is 14.2 Å². The van der Waals surface area contributed by atoms with E-state index in [1.54, 1.807) is 37.4 Å². The fourth-order valence-electron chi connectivity index (χ4n) is 4.26. The van der Waals surface area contributed by atoms with Crippen LogP contribution in [0.2, 0.25) is 0 Å². The predicted molar refractivity (Wildman–Crippen MR) is 137 cm³/mol. The highest BCUT2D eigenvalue weighted by atomic mass is 16.5. The van der Waals surface area contributed by atoms with Gasteiger partial charge in [0.25, 0.3) is 11.7 Å². The summed E-state index contributed by atoms with van der Waals surface area (Å²) < 4.78 is 21.7. The largest absolute Gasteiger partial charge is 0.507 e. The van der Waals surface area contributed by atoms with Crippen molar-refractivity contribution >= 4 is 17.4 Å². The lowest BCUT2D eigenvalue weighted by molar-refractivity contribution is -0.140. The second-order valence-corrected chi connectivity index (χ2v) is 9.13. The molecule has 1 atom stereocenters. The molecule has 1 amide bonds. The van der Waals surface area contributed by atoms with Crippen LogP contribution >= 0.6 is 0 Å². The molecule has 36 heavy (non-hydrogen) atoms. The van der Waals surface area contributed by atoms with Gasteiger partial charge < -0.3 is 29.0 Å². The Morgan fingerprint density at radius 1 is 1.03 bits per heavy atom. The van der Waals surface area contributed by atoms with E-state index in [1.807, 2.05) is 13.0 Å². The van der Waals surface area contributed by atoms with Gasteiger partial charge in [-0.3, -0.25) is 9.59 Å². The first-order chi connectivity index (χ1) is 17.2. The Balaban J connectivity index is 2.12. The molecule has 1 saturated heterocycles. The van der Waals surface area contributed by atoms with Gasteiger partial charge in [-0.15, -0.1) is 0 Å².